The van der Waals surface area contributed by atoms with Crippen molar-refractivity contribution < 1.29 is 43.0 Å². The Morgan fingerprint density at radius 3 is 1.58 bits per heavy atom. The summed E-state index contributed by atoms with van der Waals surface area (Å²) in [4.78, 5) is 79.8. The van der Waals surface area contributed by atoms with Crippen LogP contribution in [0.15, 0.2) is 146 Å². The molecule has 0 aliphatic heterocycles. The second-order valence-electron chi connectivity index (χ2n) is 18.7. The number of anilines is 1. The number of carbonyl (C=O) groups excluding carboxylic acids is 6. The van der Waals surface area contributed by atoms with Gasteiger partial charge in [-0.1, -0.05) is 128 Å². The fourth-order valence-electron chi connectivity index (χ4n) is 7.56. The van der Waals surface area contributed by atoms with Gasteiger partial charge in [-0.2, -0.15) is 0 Å². The number of ether oxygens (including phenoxy) is 3. The Bertz CT molecular complexity index is 2360. The van der Waals surface area contributed by atoms with Crippen molar-refractivity contribution in [3.05, 3.63) is 168 Å². The zero-order valence-electron chi connectivity index (χ0n) is 40.2. The molecule has 0 aromatic heterocycles. The van der Waals surface area contributed by atoms with E-state index in [0.717, 1.165) is 16.7 Å². The molecule has 0 radical (unpaired) electrons. The first-order chi connectivity index (χ1) is 32.8. The maximum absolute atomic E-state index is 14.3. The number of amides is 4. The van der Waals surface area contributed by atoms with Crippen molar-refractivity contribution in [3.8, 4) is 5.75 Å². The van der Waals surface area contributed by atoms with Crippen LogP contribution in [0, 0.1) is 5.92 Å². The number of rotatable bonds is 22. The molecule has 364 valence electrons. The lowest BCUT2D eigenvalue weighted by atomic mass is 9.84. The number of nitrogens with one attached hydrogen (secondary N) is 3. The van der Waals surface area contributed by atoms with Crippen molar-refractivity contribution in [2.24, 2.45) is 11.7 Å². The minimum absolute atomic E-state index is 0.0761. The highest BCUT2D eigenvalue weighted by atomic mass is 32.2. The first kappa shape index (κ1) is 53.0. The summed E-state index contributed by atoms with van der Waals surface area (Å²) >= 11 is 1.51. The molecule has 5 aromatic carbocycles. The molecular weight excluding hydrogens is 893 g/mol. The van der Waals surface area contributed by atoms with E-state index >= 15 is 0 Å². The minimum atomic E-state index is -1.09. The summed E-state index contributed by atoms with van der Waals surface area (Å²) < 4.78 is 15.8. The van der Waals surface area contributed by atoms with Gasteiger partial charge in [-0.25, -0.2) is 9.59 Å². The van der Waals surface area contributed by atoms with Crippen LogP contribution in [0.4, 0.5) is 15.3 Å². The van der Waals surface area contributed by atoms with Gasteiger partial charge in [0.05, 0.1) is 16.7 Å². The first-order valence-electron chi connectivity index (χ1n) is 23.1. The van der Waals surface area contributed by atoms with Crippen LogP contribution >= 0.6 is 11.8 Å². The number of nitrogens with two attached hydrogens (primary N) is 1. The SMILES string of the molecule is CC(C)(C)OC(=O)CCCC[C@H](NC(=O)Oc1ccc(C[C@H](NC(=O)OC(C)(C)C)C(=O)Nc2ccccc2)cc1)C(=O)C[C@@H](CSC(c1ccccc1)(c1ccccc1)c1ccccc1)C(N)=O. The Hall–Kier alpha value is -6.93. The van der Waals surface area contributed by atoms with E-state index in [4.69, 9.17) is 19.9 Å². The summed E-state index contributed by atoms with van der Waals surface area (Å²) in [6.07, 6.45) is -0.858. The van der Waals surface area contributed by atoms with Gasteiger partial charge in [-0.05, 0) is 101 Å². The molecule has 4 amide bonds. The zero-order valence-corrected chi connectivity index (χ0v) is 41.0. The van der Waals surface area contributed by atoms with Gasteiger partial charge in [0.1, 0.15) is 23.0 Å². The van der Waals surface area contributed by atoms with Crippen LogP contribution in [0.25, 0.3) is 0 Å². The first-order valence-corrected chi connectivity index (χ1v) is 24.1. The van der Waals surface area contributed by atoms with Crippen LogP contribution in [0.2, 0.25) is 0 Å². The van der Waals surface area contributed by atoms with Crippen molar-refractivity contribution in [1.82, 2.24) is 10.6 Å². The van der Waals surface area contributed by atoms with E-state index in [9.17, 15) is 28.8 Å². The number of benzene rings is 5. The average Bonchev–Trinajstić information content (AvgIpc) is 3.30. The van der Waals surface area contributed by atoms with E-state index in [2.05, 4.69) is 16.0 Å². The molecule has 0 saturated heterocycles. The van der Waals surface area contributed by atoms with E-state index < -0.39 is 63.7 Å². The Morgan fingerprint density at radius 2 is 1.09 bits per heavy atom. The highest BCUT2D eigenvalue weighted by molar-refractivity contribution is 8.00. The number of hydrogen-bond donors (Lipinski definition) is 4. The van der Waals surface area contributed by atoms with E-state index in [1.54, 1.807) is 77.9 Å². The van der Waals surface area contributed by atoms with Crippen LogP contribution in [0.5, 0.6) is 5.75 Å². The molecule has 5 N–H and O–H groups in total. The van der Waals surface area contributed by atoms with Crippen LogP contribution in [0.3, 0.4) is 0 Å². The molecule has 3 atom stereocenters. The van der Waals surface area contributed by atoms with Crippen molar-refractivity contribution in [1.29, 1.82) is 0 Å². The quantitative estimate of drug-likeness (QED) is 0.0295. The predicted octanol–water partition coefficient (Wildman–Crippen LogP) is 9.91. The maximum atomic E-state index is 14.3. The number of hydrogen-bond acceptors (Lipinski definition) is 10. The number of esters is 1. The van der Waals surface area contributed by atoms with Crippen LogP contribution in [-0.4, -0.2) is 64.8 Å². The number of unbranched alkanes of at least 4 members (excludes halogenated alkanes) is 1. The third kappa shape index (κ3) is 17.0. The second kappa shape index (κ2) is 24.9. The third-order valence-electron chi connectivity index (χ3n) is 10.7. The van der Waals surface area contributed by atoms with Gasteiger partial charge in [-0.15, -0.1) is 11.8 Å². The van der Waals surface area contributed by atoms with E-state index in [-0.39, 0.29) is 43.2 Å². The number of thioether (sulfide) groups is 1. The summed E-state index contributed by atoms with van der Waals surface area (Å²) in [5.74, 6) is -2.54. The largest absolute Gasteiger partial charge is 0.460 e. The van der Waals surface area contributed by atoms with E-state index in [0.29, 0.717) is 24.1 Å². The van der Waals surface area contributed by atoms with Crippen molar-refractivity contribution >= 4 is 53.2 Å². The van der Waals surface area contributed by atoms with Gasteiger partial charge in [0.2, 0.25) is 11.8 Å². The van der Waals surface area contributed by atoms with Crippen molar-refractivity contribution in [2.45, 2.75) is 108 Å². The lowest BCUT2D eigenvalue weighted by molar-refractivity contribution is -0.155. The lowest BCUT2D eigenvalue weighted by Crippen LogP contribution is -2.47. The summed E-state index contributed by atoms with van der Waals surface area (Å²) in [7, 11) is 0. The highest BCUT2D eigenvalue weighted by Gasteiger charge is 2.39. The molecule has 0 aliphatic carbocycles. The van der Waals surface area contributed by atoms with Crippen molar-refractivity contribution in [3.63, 3.8) is 0 Å². The summed E-state index contributed by atoms with van der Waals surface area (Å²) in [5.41, 5.74) is 8.74. The van der Waals surface area contributed by atoms with Gasteiger partial charge < -0.3 is 35.9 Å². The summed E-state index contributed by atoms with van der Waals surface area (Å²) in [6.45, 7) is 10.5. The van der Waals surface area contributed by atoms with Crippen molar-refractivity contribution in [2.75, 3.05) is 11.1 Å². The number of carbonyl (C=O) groups is 6. The molecule has 0 bridgehead atoms. The number of alkyl carbamates (subject to hydrolysis) is 1. The van der Waals surface area contributed by atoms with Gasteiger partial charge >= 0.3 is 18.2 Å². The molecule has 14 heteroatoms. The normalized spacial score (nSPS) is 12.9. The van der Waals surface area contributed by atoms with E-state index in [1.807, 2.05) is 97.1 Å². The minimum Gasteiger partial charge on any atom is -0.460 e. The monoisotopic (exact) mass is 956 g/mol. The van der Waals surface area contributed by atoms with Crippen LogP contribution in [-0.2, 0) is 39.8 Å². The van der Waals surface area contributed by atoms with Gasteiger partial charge in [-0.3, -0.25) is 19.2 Å². The Labute approximate surface area is 409 Å². The zero-order chi connectivity index (χ0) is 50.0. The molecule has 0 aliphatic rings. The molecule has 0 unspecified atom stereocenters. The fraction of sp³-hybridized carbons (Fsp3) is 0.345. The molecule has 5 aromatic rings. The molecular formula is C55H64N4O9S. The highest BCUT2D eigenvalue weighted by Crippen LogP contribution is 2.49. The molecule has 0 heterocycles. The topological polar surface area (TPSA) is 192 Å². The maximum Gasteiger partial charge on any atom is 0.413 e. The van der Waals surface area contributed by atoms with Gasteiger partial charge in [0.25, 0.3) is 0 Å². The number of para-hydroxylation sites is 1. The molecule has 13 nitrogen and oxygen atoms in total. The third-order valence-corrected chi connectivity index (χ3v) is 12.4. The average molecular weight is 957 g/mol. The van der Waals surface area contributed by atoms with Crippen LogP contribution in [0.1, 0.15) is 95.9 Å². The molecule has 0 spiro atoms. The van der Waals surface area contributed by atoms with Crippen LogP contribution < -0.4 is 26.4 Å². The number of primary amides is 1. The molecule has 69 heavy (non-hydrogen) atoms. The fourth-order valence-corrected chi connectivity index (χ4v) is 9.20. The summed E-state index contributed by atoms with van der Waals surface area (Å²) in [5, 5.41) is 8.18. The second-order valence-corrected chi connectivity index (χ2v) is 19.9. The summed E-state index contributed by atoms with van der Waals surface area (Å²) in [6, 6.07) is 43.0. The predicted molar refractivity (Wildman–Crippen MR) is 270 cm³/mol. The number of ketones is 1. The van der Waals surface area contributed by atoms with E-state index in [1.165, 1.54) is 23.9 Å². The van der Waals surface area contributed by atoms with Gasteiger partial charge in [0.15, 0.2) is 5.78 Å². The smallest absolute Gasteiger partial charge is 0.413 e. The number of Topliss-reactive ketones (excluding diaryl/α,β-unsaturated/α-hetero) is 1. The lowest BCUT2D eigenvalue weighted by Gasteiger charge is -2.36. The van der Waals surface area contributed by atoms with Gasteiger partial charge in [0, 0.05) is 30.7 Å². The Kier molecular flexibility index (Phi) is 19.1. The standard InChI is InChI=1S/C55H64N4O9S/c1-53(2,3)67-48(61)30-20-19-29-45(47(60)36-39(49(56)62)37-69-55(40-21-11-7-12-22-40,41-23-13-8-14-24-41)42-25-15-9-16-26-42)58-51(64)66-44-33-31-38(32-34-44)35-46(59-52(65)68-54(4,5)6)50(63)57-43-27-17-10-18-28-43/h7-18,21-28,31-34,39,45-46H,19-20,29-30,35-37H2,1-6H3,(H2,56,62)(H,57,63)(H,58,64)(H,59,65)/t39-,45-,46-/m0/s1. The Morgan fingerprint density at radius 1 is 0.594 bits per heavy atom. The Balaban J connectivity index is 1.32. The molecule has 0 saturated carbocycles. The molecule has 5 rings (SSSR count). The molecule has 0 fully saturated rings.